The minimum absolute atomic E-state index is 0.110. The Kier molecular flexibility index (Phi) is 2.35. The van der Waals surface area contributed by atoms with Gasteiger partial charge in [0.05, 0.1) is 18.6 Å². The summed E-state index contributed by atoms with van der Waals surface area (Å²) in [4.78, 5) is 11.6. The zero-order chi connectivity index (χ0) is 10.2. The summed E-state index contributed by atoms with van der Waals surface area (Å²) in [7, 11) is 3.11. The number of hydrogen-bond donors (Lipinski definition) is 0. The minimum atomic E-state index is -0.387. The second kappa shape index (κ2) is 3.39. The van der Waals surface area contributed by atoms with Crippen molar-refractivity contribution in [3.8, 4) is 0 Å². The van der Waals surface area contributed by atoms with Gasteiger partial charge in [0, 0.05) is 7.11 Å². The van der Waals surface area contributed by atoms with E-state index < -0.39 is 0 Å². The number of hydrogen-bond acceptors (Lipinski definition) is 3. The summed E-state index contributed by atoms with van der Waals surface area (Å²) in [6.07, 6.45) is 7.15. The Labute approximate surface area is 84.1 Å². The lowest BCUT2D eigenvalue weighted by molar-refractivity contribution is -0.160. The summed E-state index contributed by atoms with van der Waals surface area (Å²) >= 11 is 0. The number of ether oxygens (including phenoxy) is 2. The van der Waals surface area contributed by atoms with Crippen molar-refractivity contribution in [3.63, 3.8) is 0 Å². The van der Waals surface area contributed by atoms with E-state index in [1.54, 1.807) is 7.11 Å². The molecule has 0 aromatic rings. The Hall–Kier alpha value is -0.830. The third kappa shape index (κ3) is 1.27. The van der Waals surface area contributed by atoms with Gasteiger partial charge in [-0.25, -0.2) is 0 Å². The Morgan fingerprint density at radius 1 is 1.50 bits per heavy atom. The van der Waals surface area contributed by atoms with Crippen LogP contribution in [-0.2, 0) is 14.3 Å². The largest absolute Gasteiger partial charge is 0.469 e. The lowest BCUT2D eigenvalue weighted by Crippen LogP contribution is -2.49. The van der Waals surface area contributed by atoms with Crippen molar-refractivity contribution in [1.82, 2.24) is 0 Å². The summed E-state index contributed by atoms with van der Waals surface area (Å²) in [6, 6.07) is 0. The molecule has 3 heteroatoms. The molecule has 0 spiro atoms. The molecule has 3 aliphatic rings. The van der Waals surface area contributed by atoms with Crippen LogP contribution in [0.3, 0.4) is 0 Å². The van der Waals surface area contributed by atoms with Gasteiger partial charge in [-0.05, 0) is 25.2 Å². The summed E-state index contributed by atoms with van der Waals surface area (Å²) in [5.74, 6) is 0.290. The smallest absolute Gasteiger partial charge is 0.311 e. The first kappa shape index (κ1) is 9.71. The molecule has 0 radical (unpaired) electrons. The van der Waals surface area contributed by atoms with Gasteiger partial charge in [-0.3, -0.25) is 4.79 Å². The maximum Gasteiger partial charge on any atom is 0.311 e. The molecule has 1 unspecified atom stereocenters. The number of rotatable bonds is 2. The van der Waals surface area contributed by atoms with E-state index in [0.29, 0.717) is 5.92 Å². The fraction of sp³-hybridized carbons (Fsp3) is 0.727. The lowest BCUT2D eigenvalue weighted by Gasteiger charge is -2.45. The standard InChI is InChI=1S/C11H16O3/c1-13-10(12)9-7-8-3-5-11(9,14-2)6-4-8/h3,5,8-9H,4,6-7H2,1-2H3/t8-,9?,11-/m1/s1. The van der Waals surface area contributed by atoms with Crippen molar-refractivity contribution in [1.29, 1.82) is 0 Å². The highest BCUT2D eigenvalue weighted by Gasteiger charge is 2.49. The van der Waals surface area contributed by atoms with Crippen molar-refractivity contribution in [2.75, 3.05) is 14.2 Å². The van der Waals surface area contributed by atoms with Crippen LogP contribution in [0.15, 0.2) is 12.2 Å². The molecule has 1 fully saturated rings. The van der Waals surface area contributed by atoms with E-state index in [2.05, 4.69) is 6.08 Å². The van der Waals surface area contributed by atoms with Crippen molar-refractivity contribution >= 4 is 5.97 Å². The first-order chi connectivity index (χ1) is 6.72. The molecule has 0 N–H and O–H groups in total. The molecular formula is C11H16O3. The predicted molar refractivity (Wildman–Crippen MR) is 51.7 cm³/mol. The number of esters is 1. The zero-order valence-electron chi connectivity index (χ0n) is 8.66. The Balaban J connectivity index is 2.27. The third-order valence-electron chi connectivity index (χ3n) is 3.55. The number of methoxy groups -OCH3 is 2. The monoisotopic (exact) mass is 196 g/mol. The molecule has 0 aromatic heterocycles. The molecule has 14 heavy (non-hydrogen) atoms. The predicted octanol–water partition coefficient (Wildman–Crippen LogP) is 1.53. The molecule has 0 saturated heterocycles. The molecule has 3 aliphatic carbocycles. The highest BCUT2D eigenvalue weighted by atomic mass is 16.5. The fourth-order valence-electron chi connectivity index (χ4n) is 2.63. The van der Waals surface area contributed by atoms with Crippen LogP contribution >= 0.6 is 0 Å². The van der Waals surface area contributed by atoms with Crippen LogP contribution in [-0.4, -0.2) is 25.8 Å². The van der Waals surface area contributed by atoms with Crippen LogP contribution in [0.4, 0.5) is 0 Å². The van der Waals surface area contributed by atoms with Crippen LogP contribution in [0.25, 0.3) is 0 Å². The maximum atomic E-state index is 11.6. The van der Waals surface area contributed by atoms with Crippen molar-refractivity contribution < 1.29 is 14.3 Å². The van der Waals surface area contributed by atoms with Crippen LogP contribution in [0.2, 0.25) is 0 Å². The van der Waals surface area contributed by atoms with Gasteiger partial charge in [0.1, 0.15) is 0 Å². The number of carbonyl (C=O) groups is 1. The Bertz CT molecular complexity index is 272. The fourth-order valence-corrected chi connectivity index (χ4v) is 2.63. The molecule has 1 saturated carbocycles. The first-order valence-corrected chi connectivity index (χ1v) is 5.04. The van der Waals surface area contributed by atoms with Crippen LogP contribution in [0.1, 0.15) is 19.3 Å². The van der Waals surface area contributed by atoms with Crippen LogP contribution < -0.4 is 0 Å². The maximum absolute atomic E-state index is 11.6. The van der Waals surface area contributed by atoms with E-state index >= 15 is 0 Å². The Morgan fingerprint density at radius 2 is 2.29 bits per heavy atom. The van der Waals surface area contributed by atoms with Gasteiger partial charge in [0.15, 0.2) is 0 Å². The first-order valence-electron chi connectivity index (χ1n) is 5.04. The highest BCUT2D eigenvalue weighted by Crippen LogP contribution is 2.45. The van der Waals surface area contributed by atoms with E-state index in [0.717, 1.165) is 19.3 Å². The topological polar surface area (TPSA) is 35.5 Å². The normalized spacial score (nSPS) is 39.9. The van der Waals surface area contributed by atoms with Crippen molar-refractivity contribution in [3.05, 3.63) is 12.2 Å². The van der Waals surface area contributed by atoms with Gasteiger partial charge in [-0.15, -0.1) is 0 Å². The van der Waals surface area contributed by atoms with Gasteiger partial charge >= 0.3 is 5.97 Å². The summed E-state index contributed by atoms with van der Waals surface area (Å²) in [5, 5.41) is 0. The summed E-state index contributed by atoms with van der Waals surface area (Å²) in [6.45, 7) is 0. The van der Waals surface area contributed by atoms with E-state index in [1.807, 2.05) is 6.08 Å². The van der Waals surface area contributed by atoms with Gasteiger partial charge in [0.2, 0.25) is 0 Å². The van der Waals surface area contributed by atoms with E-state index in [9.17, 15) is 4.79 Å². The van der Waals surface area contributed by atoms with E-state index in [-0.39, 0.29) is 17.5 Å². The Morgan fingerprint density at radius 3 is 2.79 bits per heavy atom. The highest BCUT2D eigenvalue weighted by molar-refractivity contribution is 5.75. The molecular weight excluding hydrogens is 180 g/mol. The van der Waals surface area contributed by atoms with Gasteiger partial charge in [-0.1, -0.05) is 12.2 Å². The van der Waals surface area contributed by atoms with Gasteiger partial charge in [0.25, 0.3) is 0 Å². The van der Waals surface area contributed by atoms with Crippen molar-refractivity contribution in [2.24, 2.45) is 11.8 Å². The quantitative estimate of drug-likeness (QED) is 0.496. The average Bonchev–Trinajstić information content (AvgIpc) is 2.29. The lowest BCUT2D eigenvalue weighted by atomic mass is 9.66. The number of fused-ring (bicyclic) bond motifs is 2. The van der Waals surface area contributed by atoms with E-state index in [4.69, 9.17) is 9.47 Å². The van der Waals surface area contributed by atoms with Gasteiger partial charge in [-0.2, -0.15) is 0 Å². The molecule has 0 aliphatic heterocycles. The number of carbonyl (C=O) groups excluding carboxylic acids is 1. The molecule has 0 aromatic carbocycles. The molecule has 2 bridgehead atoms. The third-order valence-corrected chi connectivity index (χ3v) is 3.55. The molecule has 3 nitrogen and oxygen atoms in total. The average molecular weight is 196 g/mol. The second-order valence-electron chi connectivity index (χ2n) is 4.13. The van der Waals surface area contributed by atoms with Crippen LogP contribution in [0, 0.1) is 11.8 Å². The zero-order valence-corrected chi connectivity index (χ0v) is 8.66. The SMILES string of the molecule is COC(=O)C1C[C@@H]2C=C[C@@]1(OC)CC2. The number of allylic oxidation sites excluding steroid dienone is 1. The molecule has 0 amide bonds. The van der Waals surface area contributed by atoms with E-state index in [1.165, 1.54) is 7.11 Å². The van der Waals surface area contributed by atoms with Crippen molar-refractivity contribution in [2.45, 2.75) is 24.9 Å². The molecule has 78 valence electrons. The summed E-state index contributed by atoms with van der Waals surface area (Å²) < 4.78 is 10.3. The molecule has 3 rings (SSSR count). The molecule has 0 heterocycles. The molecule has 3 atom stereocenters. The second-order valence-corrected chi connectivity index (χ2v) is 4.13. The minimum Gasteiger partial charge on any atom is -0.469 e. The van der Waals surface area contributed by atoms with Gasteiger partial charge < -0.3 is 9.47 Å². The summed E-state index contributed by atoms with van der Waals surface area (Å²) in [5.41, 5.74) is -0.387. The van der Waals surface area contributed by atoms with Crippen LogP contribution in [0.5, 0.6) is 0 Å².